The van der Waals surface area contributed by atoms with Gasteiger partial charge >= 0.3 is 12.1 Å². The van der Waals surface area contributed by atoms with E-state index in [1.165, 1.54) is 6.92 Å². The van der Waals surface area contributed by atoms with Crippen LogP contribution in [0.15, 0.2) is 36.4 Å². The van der Waals surface area contributed by atoms with Gasteiger partial charge in [0.05, 0.1) is 12.1 Å². The zero-order valence-corrected chi connectivity index (χ0v) is 34.0. The number of carbonyl (C=O) groups is 4. The molecule has 3 heterocycles. The molecule has 1 amide bonds. The molecule has 0 bridgehead atoms. The molecule has 1 aromatic carbocycles. The Morgan fingerprint density at radius 3 is 2.37 bits per heavy atom. The maximum Gasteiger partial charge on any atom is 0.408 e. The smallest absolute Gasteiger partial charge is 0.408 e. The predicted molar refractivity (Wildman–Crippen MR) is 206 cm³/mol. The number of hydrogen-bond acceptors (Lipinski definition) is 12. The van der Waals surface area contributed by atoms with Crippen molar-refractivity contribution < 1.29 is 48.0 Å². The number of aliphatic hydroxyl groups is 1. The van der Waals surface area contributed by atoms with E-state index in [1.807, 2.05) is 69.3 Å². The second kappa shape index (κ2) is 18.0. The SMILES string of the molecule is CC[C@H]1OC(=O)[C@H](C)C(=O)[C@H](C)[C@@H](O[C@@H]2O[C@H](C)C[C@H](N(C)C)[C@H]2O)[C@](C)(OC(=O)NC/C=C/c2ccccc2)C[C@@H](C)C(=O)[C@H](C)C2NC(=S)O[C@@]21C. The first kappa shape index (κ1) is 43.3. The fourth-order valence-corrected chi connectivity index (χ4v) is 8.54. The van der Waals surface area contributed by atoms with Gasteiger partial charge in [0.25, 0.3) is 5.17 Å². The van der Waals surface area contributed by atoms with Gasteiger partial charge in [-0.3, -0.25) is 14.4 Å². The number of cyclic esters (lactones) is 1. The molecule has 3 aliphatic rings. The summed E-state index contributed by atoms with van der Waals surface area (Å²) in [7, 11) is 3.68. The van der Waals surface area contributed by atoms with E-state index in [0.717, 1.165) is 5.56 Å². The number of likely N-dealkylation sites (N-methyl/N-ethyl adjacent to an activating group) is 1. The zero-order valence-electron chi connectivity index (χ0n) is 33.2. The first-order chi connectivity index (χ1) is 25.3. The highest BCUT2D eigenvalue weighted by molar-refractivity contribution is 7.80. The van der Waals surface area contributed by atoms with Crippen molar-refractivity contribution in [1.29, 1.82) is 0 Å². The average Bonchev–Trinajstić information content (AvgIpc) is 3.44. The lowest BCUT2D eigenvalue weighted by atomic mass is 9.73. The van der Waals surface area contributed by atoms with Gasteiger partial charge in [0.15, 0.2) is 17.7 Å². The number of hydrogen-bond donors (Lipinski definition) is 3. The van der Waals surface area contributed by atoms with Gasteiger partial charge in [-0.1, -0.05) is 70.2 Å². The van der Waals surface area contributed by atoms with Crippen molar-refractivity contribution in [1.82, 2.24) is 15.5 Å². The molecule has 300 valence electrons. The molecule has 0 radical (unpaired) electrons. The molecule has 0 saturated carbocycles. The fraction of sp³-hybridized carbons (Fsp3) is 0.675. The van der Waals surface area contributed by atoms with Crippen LogP contribution in [0.25, 0.3) is 6.08 Å². The molecule has 0 aliphatic carbocycles. The van der Waals surface area contributed by atoms with E-state index >= 15 is 0 Å². The Morgan fingerprint density at radius 1 is 1.07 bits per heavy atom. The lowest BCUT2D eigenvalue weighted by Crippen LogP contribution is -2.60. The number of Topliss-reactive ketones (excluding diaryl/α,β-unsaturated/α-hetero) is 2. The number of thiocarbonyl (C=S) groups is 1. The van der Waals surface area contributed by atoms with Gasteiger partial charge in [-0.2, -0.15) is 0 Å². The third-order valence-electron chi connectivity index (χ3n) is 11.3. The number of aliphatic hydroxyl groups excluding tert-OH is 1. The van der Waals surface area contributed by atoms with Gasteiger partial charge in [-0.05, 0) is 78.8 Å². The number of nitrogens with one attached hydrogen (secondary N) is 2. The minimum Gasteiger partial charge on any atom is -0.459 e. The van der Waals surface area contributed by atoms with Crippen molar-refractivity contribution in [2.75, 3.05) is 20.6 Å². The molecular formula is C40H59N3O10S. The van der Waals surface area contributed by atoms with Crippen molar-refractivity contribution in [3.05, 3.63) is 42.0 Å². The largest absolute Gasteiger partial charge is 0.459 e. The Balaban J connectivity index is 1.78. The van der Waals surface area contributed by atoms with E-state index < -0.39 is 83.4 Å². The molecular weight excluding hydrogens is 715 g/mol. The maximum atomic E-state index is 14.4. The highest BCUT2D eigenvalue weighted by Crippen LogP contribution is 2.40. The van der Waals surface area contributed by atoms with Crippen LogP contribution in [0.5, 0.6) is 0 Å². The molecule has 1 unspecified atom stereocenters. The molecule has 3 N–H and O–H groups in total. The number of alkyl carbamates (subject to hydrolysis) is 1. The highest BCUT2D eigenvalue weighted by atomic mass is 32.1. The van der Waals surface area contributed by atoms with Crippen LogP contribution >= 0.6 is 12.2 Å². The second-order valence-electron chi connectivity index (χ2n) is 15.8. The van der Waals surface area contributed by atoms with Gasteiger partial charge in [-0.25, -0.2) is 4.79 Å². The number of benzene rings is 1. The van der Waals surface area contributed by atoms with Crippen molar-refractivity contribution in [3.63, 3.8) is 0 Å². The van der Waals surface area contributed by atoms with Crippen LogP contribution < -0.4 is 10.6 Å². The third kappa shape index (κ3) is 9.68. The van der Waals surface area contributed by atoms with E-state index in [0.29, 0.717) is 12.8 Å². The Morgan fingerprint density at radius 2 is 1.74 bits per heavy atom. The molecule has 13 atom stereocenters. The van der Waals surface area contributed by atoms with E-state index in [-0.39, 0.29) is 36.1 Å². The van der Waals surface area contributed by atoms with Gasteiger partial charge in [0.1, 0.15) is 35.6 Å². The maximum absolute atomic E-state index is 14.4. The standard InChI is InChI=1S/C40H59N3O10S/c1-11-29-40(8)33(42-38(54)53-40)24(4)30(44)22(2)21-39(7,52-37(48)41-19-15-18-27-16-13-12-14-17-27)34(25(5)31(45)26(6)35(47)50-29)51-36-32(46)28(43(9)10)20-23(3)49-36/h12-18,22-26,28-29,32-34,36,46H,11,19-21H2,1-10H3,(H,41,48)(H,42,54)/b18-15+/t22-,23-,24+,25+,26-,28+,29-,32-,33?,34-,36+,39-,40-/m1/s1. The monoisotopic (exact) mass is 773 g/mol. The van der Waals surface area contributed by atoms with Crippen molar-refractivity contribution in [2.24, 2.45) is 23.7 Å². The first-order valence-corrected chi connectivity index (χ1v) is 19.3. The fourth-order valence-electron chi connectivity index (χ4n) is 8.23. The summed E-state index contributed by atoms with van der Waals surface area (Å²) in [4.78, 5) is 58.1. The van der Waals surface area contributed by atoms with Crippen LogP contribution in [-0.2, 0) is 38.1 Å². The van der Waals surface area contributed by atoms with Crippen LogP contribution in [0.3, 0.4) is 0 Å². The number of esters is 1. The molecule has 4 rings (SSSR count). The summed E-state index contributed by atoms with van der Waals surface area (Å²) in [6.45, 7) is 13.7. The molecule has 3 fully saturated rings. The van der Waals surface area contributed by atoms with Crippen molar-refractivity contribution >= 4 is 47.1 Å². The van der Waals surface area contributed by atoms with Crippen LogP contribution in [0.1, 0.15) is 80.2 Å². The van der Waals surface area contributed by atoms with E-state index in [1.54, 1.807) is 40.7 Å². The number of carbonyl (C=O) groups excluding carboxylic acids is 4. The molecule has 0 aromatic heterocycles. The number of fused-ring (bicyclic) bond motifs is 1. The summed E-state index contributed by atoms with van der Waals surface area (Å²) >= 11 is 5.40. The molecule has 54 heavy (non-hydrogen) atoms. The Labute approximate surface area is 324 Å². The number of ether oxygens (including phenoxy) is 5. The van der Waals surface area contributed by atoms with Gasteiger partial charge in [0, 0.05) is 30.3 Å². The average molecular weight is 774 g/mol. The van der Waals surface area contributed by atoms with Crippen LogP contribution in [0.4, 0.5) is 4.79 Å². The highest BCUT2D eigenvalue weighted by Gasteiger charge is 2.57. The summed E-state index contributed by atoms with van der Waals surface area (Å²) < 4.78 is 31.1. The first-order valence-electron chi connectivity index (χ1n) is 18.9. The Kier molecular flexibility index (Phi) is 14.4. The number of rotatable bonds is 8. The Bertz CT molecular complexity index is 1540. The predicted octanol–water partition coefficient (Wildman–Crippen LogP) is 4.44. The van der Waals surface area contributed by atoms with E-state index in [2.05, 4.69) is 10.6 Å². The molecule has 14 heteroatoms. The summed E-state index contributed by atoms with van der Waals surface area (Å²) in [5.41, 5.74) is -1.95. The molecule has 13 nitrogen and oxygen atoms in total. The third-order valence-corrected chi connectivity index (χ3v) is 11.5. The zero-order chi connectivity index (χ0) is 40.1. The summed E-state index contributed by atoms with van der Waals surface area (Å²) in [6, 6.07) is 8.55. The quantitative estimate of drug-likeness (QED) is 0.194. The summed E-state index contributed by atoms with van der Waals surface area (Å²) in [6.07, 6.45) is -1.28. The number of ketones is 2. The van der Waals surface area contributed by atoms with E-state index in [4.69, 9.17) is 35.9 Å². The lowest BCUT2D eigenvalue weighted by molar-refractivity contribution is -0.292. The molecule has 3 saturated heterocycles. The molecule has 3 aliphatic heterocycles. The van der Waals surface area contributed by atoms with Crippen LogP contribution in [0, 0.1) is 23.7 Å². The minimum atomic E-state index is -1.67. The van der Waals surface area contributed by atoms with Crippen molar-refractivity contribution in [3.8, 4) is 0 Å². The van der Waals surface area contributed by atoms with Gasteiger partial charge in [0.2, 0.25) is 0 Å². The van der Waals surface area contributed by atoms with Crippen molar-refractivity contribution in [2.45, 2.75) is 129 Å². The summed E-state index contributed by atoms with van der Waals surface area (Å²) in [5.74, 6) is -5.37. The van der Waals surface area contributed by atoms with E-state index in [9.17, 15) is 24.3 Å². The second-order valence-corrected chi connectivity index (χ2v) is 16.1. The number of amides is 1. The van der Waals surface area contributed by atoms with Gasteiger partial charge in [-0.15, -0.1) is 0 Å². The summed E-state index contributed by atoms with van der Waals surface area (Å²) in [5, 5.41) is 17.4. The minimum absolute atomic E-state index is 0.0716. The van der Waals surface area contributed by atoms with Gasteiger partial charge < -0.3 is 44.3 Å². The number of nitrogens with zero attached hydrogens (tertiary/aromatic N) is 1. The molecule has 1 aromatic rings. The van der Waals surface area contributed by atoms with Crippen LogP contribution in [-0.4, -0.2) is 113 Å². The topological polar surface area (TPSA) is 162 Å². The van der Waals surface area contributed by atoms with Crippen LogP contribution in [0.2, 0.25) is 0 Å². The lowest BCUT2D eigenvalue weighted by Gasteiger charge is -2.47. The Hall–Kier alpha value is -3.43. The molecule has 0 spiro atoms. The normalized spacial score (nSPS) is 38.3.